The number of amidine groups is 1. The van der Waals surface area contributed by atoms with E-state index in [9.17, 15) is 0 Å². The van der Waals surface area contributed by atoms with Gasteiger partial charge >= 0.3 is 0 Å². The van der Waals surface area contributed by atoms with Crippen LogP contribution in [0.4, 0.5) is 0 Å². The number of nitrogens with zero attached hydrogens (tertiary/aromatic N) is 1. The molecule has 1 N–H and O–H groups in total. The van der Waals surface area contributed by atoms with Crippen molar-refractivity contribution in [1.29, 1.82) is 0 Å². The molecule has 4 heteroatoms. The van der Waals surface area contributed by atoms with Gasteiger partial charge in [-0.1, -0.05) is 36.9 Å². The zero-order chi connectivity index (χ0) is 12.4. The van der Waals surface area contributed by atoms with E-state index in [1.165, 1.54) is 17.7 Å². The van der Waals surface area contributed by atoms with Crippen LogP contribution in [0.5, 0.6) is 5.75 Å². The lowest BCUT2D eigenvalue weighted by atomic mass is 10.1. The molecular formula is C14H18N2OS. The Morgan fingerprint density at radius 2 is 2.33 bits per heavy atom. The molecule has 2 atom stereocenters. The van der Waals surface area contributed by atoms with Gasteiger partial charge < -0.3 is 10.1 Å². The van der Waals surface area contributed by atoms with Crippen LogP contribution in [0, 0.1) is 0 Å². The maximum Gasteiger partial charge on any atom is 0.157 e. The Kier molecular flexibility index (Phi) is 3.46. The summed E-state index contributed by atoms with van der Waals surface area (Å²) < 4.78 is 5.66. The van der Waals surface area contributed by atoms with Crippen LogP contribution in [0.15, 0.2) is 29.3 Å². The van der Waals surface area contributed by atoms with E-state index in [1.54, 1.807) is 0 Å². The standard InChI is InChI=1S/C14H18N2OS/c1-2-10-7-8-18-14(15-10)16-12-9-17-13-6-4-3-5-11(12)13/h3-6,10,12H,2,7-9H2,1H3,(H,15,16). The van der Waals surface area contributed by atoms with Gasteiger partial charge in [0, 0.05) is 17.4 Å². The van der Waals surface area contributed by atoms with Gasteiger partial charge in [-0.2, -0.15) is 0 Å². The molecule has 0 aliphatic carbocycles. The van der Waals surface area contributed by atoms with E-state index in [4.69, 9.17) is 9.73 Å². The molecule has 2 aliphatic rings. The first kappa shape index (κ1) is 11.9. The van der Waals surface area contributed by atoms with Crippen LogP contribution in [-0.2, 0) is 0 Å². The Balaban J connectivity index is 1.77. The van der Waals surface area contributed by atoms with Crippen LogP contribution in [0.3, 0.4) is 0 Å². The normalized spacial score (nSPS) is 28.6. The van der Waals surface area contributed by atoms with Crippen molar-refractivity contribution in [2.24, 2.45) is 4.99 Å². The first-order valence-corrected chi connectivity index (χ1v) is 7.54. The zero-order valence-electron chi connectivity index (χ0n) is 10.6. The van der Waals surface area contributed by atoms with Gasteiger partial charge in [0.25, 0.3) is 0 Å². The summed E-state index contributed by atoms with van der Waals surface area (Å²) in [6.07, 6.45) is 2.40. The third kappa shape index (κ3) is 2.34. The number of para-hydroxylation sites is 1. The molecule has 0 radical (unpaired) electrons. The Morgan fingerprint density at radius 1 is 1.44 bits per heavy atom. The molecule has 0 spiro atoms. The van der Waals surface area contributed by atoms with Crippen molar-refractivity contribution >= 4 is 16.9 Å². The molecule has 0 amide bonds. The maximum absolute atomic E-state index is 5.66. The van der Waals surface area contributed by atoms with Crippen molar-refractivity contribution in [2.75, 3.05) is 12.4 Å². The summed E-state index contributed by atoms with van der Waals surface area (Å²) >= 11 is 1.83. The van der Waals surface area contributed by atoms with E-state index in [2.05, 4.69) is 24.4 Å². The monoisotopic (exact) mass is 262 g/mol. The van der Waals surface area contributed by atoms with E-state index >= 15 is 0 Å². The van der Waals surface area contributed by atoms with Crippen molar-refractivity contribution in [3.8, 4) is 5.75 Å². The van der Waals surface area contributed by atoms with E-state index < -0.39 is 0 Å². The molecule has 0 bridgehead atoms. The van der Waals surface area contributed by atoms with Gasteiger partial charge in [0.2, 0.25) is 0 Å². The fourth-order valence-corrected chi connectivity index (χ4v) is 3.41. The molecular weight excluding hydrogens is 244 g/mol. The average Bonchev–Trinajstić information content (AvgIpc) is 2.83. The van der Waals surface area contributed by atoms with Gasteiger partial charge in [0.05, 0.1) is 0 Å². The van der Waals surface area contributed by atoms with Gasteiger partial charge in [0.15, 0.2) is 5.17 Å². The fraction of sp³-hybridized carbons (Fsp3) is 0.500. The van der Waals surface area contributed by atoms with Crippen molar-refractivity contribution < 1.29 is 4.74 Å². The highest BCUT2D eigenvalue weighted by atomic mass is 32.2. The molecule has 0 saturated carbocycles. The number of hydrogen-bond acceptors (Lipinski definition) is 3. The van der Waals surface area contributed by atoms with E-state index in [-0.39, 0.29) is 6.04 Å². The van der Waals surface area contributed by atoms with Crippen molar-refractivity contribution in [2.45, 2.75) is 31.8 Å². The lowest BCUT2D eigenvalue weighted by Crippen LogP contribution is -2.37. The van der Waals surface area contributed by atoms with Crippen LogP contribution in [-0.4, -0.2) is 23.6 Å². The summed E-state index contributed by atoms with van der Waals surface area (Å²) in [7, 11) is 0. The molecule has 96 valence electrons. The van der Waals surface area contributed by atoms with E-state index in [0.29, 0.717) is 12.6 Å². The summed E-state index contributed by atoms with van der Waals surface area (Å²) in [5, 5.41) is 4.60. The molecule has 1 aromatic rings. The highest BCUT2D eigenvalue weighted by Crippen LogP contribution is 2.35. The molecule has 1 fully saturated rings. The SMILES string of the molecule is CCC1CCSC(=NC2COc3ccccc32)N1. The predicted molar refractivity (Wildman–Crippen MR) is 76.4 cm³/mol. The highest BCUT2D eigenvalue weighted by molar-refractivity contribution is 8.13. The topological polar surface area (TPSA) is 33.6 Å². The van der Waals surface area contributed by atoms with Crippen LogP contribution in [0.2, 0.25) is 0 Å². The van der Waals surface area contributed by atoms with Crippen molar-refractivity contribution in [1.82, 2.24) is 5.32 Å². The van der Waals surface area contributed by atoms with Crippen molar-refractivity contribution in [3.63, 3.8) is 0 Å². The lowest BCUT2D eigenvalue weighted by Gasteiger charge is -2.24. The third-order valence-electron chi connectivity index (χ3n) is 3.47. The second-order valence-electron chi connectivity index (χ2n) is 4.69. The molecule has 3 nitrogen and oxygen atoms in total. The van der Waals surface area contributed by atoms with E-state index in [0.717, 1.165) is 17.3 Å². The molecule has 18 heavy (non-hydrogen) atoms. The quantitative estimate of drug-likeness (QED) is 0.889. The lowest BCUT2D eigenvalue weighted by molar-refractivity contribution is 0.334. The summed E-state index contributed by atoms with van der Waals surface area (Å²) in [5.74, 6) is 2.15. The number of nitrogens with one attached hydrogen (secondary N) is 1. The number of ether oxygens (including phenoxy) is 1. The molecule has 0 aromatic heterocycles. The van der Waals surface area contributed by atoms with Crippen LogP contribution < -0.4 is 10.1 Å². The first-order chi connectivity index (χ1) is 8.86. The number of fused-ring (bicyclic) bond motifs is 1. The summed E-state index contributed by atoms with van der Waals surface area (Å²) in [5.41, 5.74) is 1.21. The fourth-order valence-electron chi connectivity index (χ4n) is 2.36. The number of benzene rings is 1. The number of thioether (sulfide) groups is 1. The maximum atomic E-state index is 5.66. The minimum atomic E-state index is 0.159. The van der Waals surface area contributed by atoms with Gasteiger partial charge in [-0.05, 0) is 18.9 Å². The molecule has 2 aliphatic heterocycles. The summed E-state index contributed by atoms with van der Waals surface area (Å²) in [6.45, 7) is 2.89. The average molecular weight is 262 g/mol. The predicted octanol–water partition coefficient (Wildman–Crippen LogP) is 2.98. The zero-order valence-corrected chi connectivity index (χ0v) is 11.4. The second-order valence-corrected chi connectivity index (χ2v) is 5.77. The highest BCUT2D eigenvalue weighted by Gasteiger charge is 2.25. The summed E-state index contributed by atoms with van der Waals surface area (Å²) in [6, 6.07) is 8.94. The Bertz CT molecular complexity index is 461. The molecule has 2 heterocycles. The smallest absolute Gasteiger partial charge is 0.157 e. The van der Waals surface area contributed by atoms with Gasteiger partial charge in [0.1, 0.15) is 18.4 Å². The largest absolute Gasteiger partial charge is 0.491 e. The second kappa shape index (κ2) is 5.22. The Hall–Kier alpha value is -1.16. The van der Waals surface area contributed by atoms with Crippen molar-refractivity contribution in [3.05, 3.63) is 29.8 Å². The minimum absolute atomic E-state index is 0.159. The minimum Gasteiger partial charge on any atom is -0.491 e. The van der Waals surface area contributed by atoms with Gasteiger partial charge in [-0.3, -0.25) is 4.99 Å². The first-order valence-electron chi connectivity index (χ1n) is 6.55. The number of aliphatic imine (C=N–C) groups is 1. The Morgan fingerprint density at radius 3 is 3.22 bits per heavy atom. The summed E-state index contributed by atoms with van der Waals surface area (Å²) in [4.78, 5) is 4.82. The van der Waals surface area contributed by atoms with Crippen LogP contribution in [0.25, 0.3) is 0 Å². The molecule has 1 saturated heterocycles. The molecule has 3 rings (SSSR count). The van der Waals surface area contributed by atoms with E-state index in [1.807, 2.05) is 23.9 Å². The van der Waals surface area contributed by atoms with Gasteiger partial charge in [-0.25, -0.2) is 0 Å². The third-order valence-corrected chi connectivity index (χ3v) is 4.41. The van der Waals surface area contributed by atoms with Crippen LogP contribution >= 0.6 is 11.8 Å². The molecule has 1 aromatic carbocycles. The number of rotatable bonds is 2. The molecule has 2 unspecified atom stereocenters. The Labute approximate surface area is 112 Å². The van der Waals surface area contributed by atoms with Gasteiger partial charge in [-0.15, -0.1) is 0 Å². The van der Waals surface area contributed by atoms with Crippen LogP contribution in [0.1, 0.15) is 31.4 Å². The number of hydrogen-bond donors (Lipinski definition) is 1.